The number of carboxylic acids is 2. The van der Waals surface area contributed by atoms with Gasteiger partial charge in [0.25, 0.3) is 0 Å². The van der Waals surface area contributed by atoms with Crippen LogP contribution in [0.3, 0.4) is 0 Å². The Morgan fingerprint density at radius 3 is 1.41 bits per heavy atom. The van der Waals surface area contributed by atoms with Crippen molar-refractivity contribution in [3.63, 3.8) is 0 Å². The number of carboxylic acid groups (broad SMARTS) is 2. The zero-order valence-electron chi connectivity index (χ0n) is 17.6. The first kappa shape index (κ1) is 31.1. The van der Waals surface area contributed by atoms with E-state index in [0.29, 0.717) is 13.2 Å². The van der Waals surface area contributed by atoms with Crippen LogP contribution >= 0.6 is 0 Å². The van der Waals surface area contributed by atoms with Crippen molar-refractivity contribution in [2.45, 2.75) is 97.8 Å². The zero-order chi connectivity index (χ0) is 21.2. The van der Waals surface area contributed by atoms with Crippen molar-refractivity contribution in [1.29, 1.82) is 0 Å². The first-order chi connectivity index (χ1) is 13.0. The minimum absolute atomic E-state index is 0.226. The van der Waals surface area contributed by atoms with Crippen molar-refractivity contribution < 1.29 is 28.3 Å². The SMILES string of the molecule is CCCCCCCC(=O)[O-].CCCCCCCC(=O)[O-].CCOCC[O][Al+2]. The molecule has 0 N–H and O–H groups in total. The summed E-state index contributed by atoms with van der Waals surface area (Å²) in [5.41, 5.74) is 0. The molecule has 0 aromatic heterocycles. The number of carbonyl (C=O) groups excluding carboxylic acids is 2. The fourth-order valence-corrected chi connectivity index (χ4v) is 2.09. The number of rotatable bonds is 16. The molecule has 0 aromatic rings. The molecule has 0 heterocycles. The first-order valence-corrected chi connectivity index (χ1v) is 10.7. The third kappa shape index (κ3) is 45.9. The average molecular weight is 403 g/mol. The van der Waals surface area contributed by atoms with Crippen LogP contribution in [0.4, 0.5) is 0 Å². The van der Waals surface area contributed by atoms with Gasteiger partial charge in [0, 0.05) is 11.9 Å². The molecule has 0 fully saturated rings. The molecule has 158 valence electrons. The van der Waals surface area contributed by atoms with E-state index in [4.69, 9.17) is 4.74 Å². The summed E-state index contributed by atoms with van der Waals surface area (Å²) in [6.07, 6.45) is 11.2. The Morgan fingerprint density at radius 1 is 0.704 bits per heavy atom. The predicted octanol–water partition coefficient (Wildman–Crippen LogP) is 2.32. The van der Waals surface area contributed by atoms with Gasteiger partial charge in [-0.2, -0.15) is 0 Å². The van der Waals surface area contributed by atoms with E-state index >= 15 is 0 Å². The van der Waals surface area contributed by atoms with E-state index in [0.717, 1.165) is 45.1 Å². The van der Waals surface area contributed by atoms with Crippen LogP contribution in [-0.2, 0) is 18.1 Å². The molecule has 0 aliphatic rings. The van der Waals surface area contributed by atoms with Gasteiger partial charge in [-0.1, -0.05) is 65.2 Å². The fourth-order valence-electron chi connectivity index (χ4n) is 2.00. The van der Waals surface area contributed by atoms with Crippen LogP contribution in [0.5, 0.6) is 0 Å². The molecule has 0 rings (SSSR count). The average Bonchev–Trinajstić information content (AvgIpc) is 2.62. The van der Waals surface area contributed by atoms with Gasteiger partial charge in [0.1, 0.15) is 0 Å². The second-order valence-electron chi connectivity index (χ2n) is 6.14. The summed E-state index contributed by atoms with van der Waals surface area (Å²) in [6.45, 7) is 8.37. The van der Waals surface area contributed by atoms with Crippen molar-refractivity contribution in [2.24, 2.45) is 0 Å². The Balaban J connectivity index is -0.000000326. The van der Waals surface area contributed by atoms with Crippen LogP contribution < -0.4 is 10.2 Å². The zero-order valence-corrected chi connectivity index (χ0v) is 18.8. The molecule has 0 spiro atoms. The molecule has 7 heteroatoms. The van der Waals surface area contributed by atoms with Crippen molar-refractivity contribution in [1.82, 2.24) is 0 Å². The van der Waals surface area contributed by atoms with Gasteiger partial charge in [-0.15, -0.1) is 0 Å². The van der Waals surface area contributed by atoms with Crippen LogP contribution in [0.25, 0.3) is 0 Å². The summed E-state index contributed by atoms with van der Waals surface area (Å²) in [7, 11) is 0. The quantitative estimate of drug-likeness (QED) is 0.290. The van der Waals surface area contributed by atoms with Crippen LogP contribution in [0.15, 0.2) is 0 Å². The van der Waals surface area contributed by atoms with Crippen molar-refractivity contribution in [3.8, 4) is 0 Å². The van der Waals surface area contributed by atoms with E-state index in [1.165, 1.54) is 25.7 Å². The summed E-state index contributed by atoms with van der Waals surface area (Å²) in [5.74, 6) is -1.84. The summed E-state index contributed by atoms with van der Waals surface area (Å²) < 4.78 is 9.57. The Bertz CT molecular complexity index is 272. The molecule has 0 radical (unpaired) electrons. The Morgan fingerprint density at radius 2 is 1.11 bits per heavy atom. The maximum absolute atomic E-state index is 9.92. The number of carbonyl (C=O) groups is 2. The Labute approximate surface area is 174 Å². The maximum atomic E-state index is 9.92. The molecule has 0 unspecified atom stereocenters. The predicted molar refractivity (Wildman–Crippen MR) is 105 cm³/mol. The molecule has 0 saturated carbocycles. The van der Waals surface area contributed by atoms with Crippen LogP contribution in [0, 0.1) is 0 Å². The molecule has 0 atom stereocenters. The van der Waals surface area contributed by atoms with Crippen LogP contribution in [-0.4, -0.2) is 48.4 Å². The molecular weight excluding hydrogens is 363 g/mol. The number of ether oxygens (including phenoxy) is 1. The molecule has 0 aliphatic carbocycles. The van der Waals surface area contributed by atoms with Gasteiger partial charge < -0.3 is 19.8 Å². The van der Waals surface area contributed by atoms with E-state index < -0.39 is 11.9 Å². The summed E-state index contributed by atoms with van der Waals surface area (Å²) >= 11 is 2.17. The molecular formula is C20H39AlO6. The number of aliphatic carboxylic acids is 2. The van der Waals surface area contributed by atoms with Gasteiger partial charge in [0.2, 0.25) is 0 Å². The van der Waals surface area contributed by atoms with Crippen LogP contribution in [0.2, 0.25) is 0 Å². The second kappa shape index (κ2) is 30.1. The number of hydrogen-bond donors (Lipinski definition) is 0. The molecule has 6 nitrogen and oxygen atoms in total. The number of hydrogen-bond acceptors (Lipinski definition) is 6. The molecule has 0 aromatic carbocycles. The summed E-state index contributed by atoms with van der Waals surface area (Å²) in [4.78, 5) is 19.8. The third-order valence-electron chi connectivity index (χ3n) is 3.52. The van der Waals surface area contributed by atoms with E-state index in [2.05, 4.69) is 34.3 Å². The van der Waals surface area contributed by atoms with Crippen LogP contribution in [0.1, 0.15) is 97.8 Å². The van der Waals surface area contributed by atoms with Crippen molar-refractivity contribution >= 4 is 28.6 Å². The number of unbranched alkanes of at least 4 members (excludes halogenated alkanes) is 8. The normalized spacial score (nSPS) is 9.67. The summed E-state index contributed by atoms with van der Waals surface area (Å²) in [6, 6.07) is 0. The van der Waals surface area contributed by atoms with Gasteiger partial charge in [-0.05, 0) is 25.7 Å². The molecule has 0 aliphatic heterocycles. The van der Waals surface area contributed by atoms with Gasteiger partial charge in [0.05, 0.1) is 0 Å². The molecule has 0 bridgehead atoms. The Hall–Kier alpha value is -0.608. The topological polar surface area (TPSA) is 98.7 Å². The molecule has 27 heavy (non-hydrogen) atoms. The van der Waals surface area contributed by atoms with E-state index in [-0.39, 0.29) is 12.8 Å². The van der Waals surface area contributed by atoms with Crippen molar-refractivity contribution in [3.05, 3.63) is 0 Å². The van der Waals surface area contributed by atoms with Crippen molar-refractivity contribution in [2.75, 3.05) is 19.8 Å². The monoisotopic (exact) mass is 402 g/mol. The standard InChI is InChI=1S/2C8H16O2.C4H9O2.Al/c2*1-2-3-4-5-6-7-8(9)10;1-2-6-4-3-5;/h2*2-7H2,1H3,(H,9,10);2-4H2,1H3;/q;;-1;+3/p-2. The molecule has 0 saturated heterocycles. The van der Waals surface area contributed by atoms with Gasteiger partial charge in [-0.3, -0.25) is 0 Å². The third-order valence-corrected chi connectivity index (χ3v) is 3.75. The first-order valence-electron chi connectivity index (χ1n) is 10.2. The Kier molecular flexibility index (Phi) is 34.7. The fraction of sp³-hybridized carbons (Fsp3) is 0.900. The van der Waals surface area contributed by atoms with Gasteiger partial charge >= 0.3 is 51.9 Å². The van der Waals surface area contributed by atoms with E-state index in [1.54, 1.807) is 0 Å². The van der Waals surface area contributed by atoms with E-state index in [1.807, 2.05) is 6.92 Å². The van der Waals surface area contributed by atoms with Gasteiger partial charge in [0.15, 0.2) is 0 Å². The second-order valence-corrected chi connectivity index (χ2v) is 6.47. The molecule has 0 amide bonds. The minimum atomic E-state index is -0.920. The van der Waals surface area contributed by atoms with E-state index in [9.17, 15) is 19.8 Å². The summed E-state index contributed by atoms with van der Waals surface area (Å²) in [5, 5.41) is 19.8. The van der Waals surface area contributed by atoms with Gasteiger partial charge in [-0.25, -0.2) is 0 Å².